The highest BCUT2D eigenvalue weighted by atomic mass is 16.2. The molecule has 1 heterocycles. The molecule has 1 fully saturated rings. The first-order chi connectivity index (χ1) is 8.61. The van der Waals surface area contributed by atoms with Crippen molar-refractivity contribution in [3.05, 3.63) is 29.8 Å². The van der Waals surface area contributed by atoms with E-state index >= 15 is 0 Å². The number of piperazine rings is 1. The molecule has 1 unspecified atom stereocenters. The molecule has 0 saturated carbocycles. The molecule has 0 aromatic heterocycles. The highest BCUT2D eigenvalue weighted by molar-refractivity contribution is 5.76. The van der Waals surface area contributed by atoms with E-state index in [2.05, 4.69) is 43.0 Å². The number of hydrogen-bond donors (Lipinski definition) is 0. The zero-order valence-electron chi connectivity index (χ0n) is 11.5. The third-order valence-corrected chi connectivity index (χ3v) is 3.65. The van der Waals surface area contributed by atoms with Crippen LogP contribution < -0.4 is 4.90 Å². The van der Waals surface area contributed by atoms with Crippen LogP contribution in [0.3, 0.4) is 0 Å². The van der Waals surface area contributed by atoms with E-state index in [4.69, 9.17) is 0 Å². The van der Waals surface area contributed by atoms with Crippen LogP contribution in [-0.4, -0.2) is 36.5 Å². The zero-order valence-corrected chi connectivity index (χ0v) is 11.5. The average molecular weight is 246 g/mol. The number of rotatable bonds is 2. The van der Waals surface area contributed by atoms with Crippen LogP contribution in [0.2, 0.25) is 0 Å². The molecule has 98 valence electrons. The van der Waals surface area contributed by atoms with Gasteiger partial charge in [0.1, 0.15) is 0 Å². The molecular weight excluding hydrogens is 224 g/mol. The Labute approximate surface area is 109 Å². The number of benzene rings is 1. The molecule has 0 aliphatic carbocycles. The minimum absolute atomic E-state index is 0.269. The van der Waals surface area contributed by atoms with Crippen LogP contribution in [0, 0.1) is 6.92 Å². The number of hydrogen-bond acceptors (Lipinski definition) is 2. The third-order valence-electron chi connectivity index (χ3n) is 3.65. The van der Waals surface area contributed by atoms with Crippen LogP contribution in [0.15, 0.2) is 24.3 Å². The van der Waals surface area contributed by atoms with Gasteiger partial charge in [0.25, 0.3) is 0 Å². The van der Waals surface area contributed by atoms with E-state index in [0.717, 1.165) is 19.6 Å². The van der Waals surface area contributed by atoms with Crippen LogP contribution in [0.5, 0.6) is 0 Å². The van der Waals surface area contributed by atoms with Gasteiger partial charge in [-0.15, -0.1) is 0 Å². The smallest absolute Gasteiger partial charge is 0.222 e. The summed E-state index contributed by atoms with van der Waals surface area (Å²) < 4.78 is 0. The van der Waals surface area contributed by atoms with Crippen molar-refractivity contribution in [2.75, 3.05) is 24.5 Å². The summed E-state index contributed by atoms with van der Waals surface area (Å²) in [4.78, 5) is 16.1. The van der Waals surface area contributed by atoms with Gasteiger partial charge in [-0.3, -0.25) is 4.79 Å². The second-order valence-corrected chi connectivity index (χ2v) is 5.07. The van der Waals surface area contributed by atoms with Gasteiger partial charge in [0, 0.05) is 37.8 Å². The summed E-state index contributed by atoms with van der Waals surface area (Å²) in [7, 11) is 0. The van der Waals surface area contributed by atoms with Crippen molar-refractivity contribution >= 4 is 11.6 Å². The van der Waals surface area contributed by atoms with E-state index in [9.17, 15) is 4.79 Å². The normalized spacial score (nSPS) is 20.1. The number of nitrogens with zero attached hydrogens (tertiary/aromatic N) is 2. The minimum Gasteiger partial charge on any atom is -0.368 e. The van der Waals surface area contributed by atoms with Gasteiger partial charge < -0.3 is 9.80 Å². The van der Waals surface area contributed by atoms with Gasteiger partial charge in [0.15, 0.2) is 0 Å². The Balaban J connectivity index is 2.04. The molecule has 0 spiro atoms. The van der Waals surface area contributed by atoms with Gasteiger partial charge in [-0.05, 0) is 26.0 Å². The van der Waals surface area contributed by atoms with Crippen molar-refractivity contribution in [1.29, 1.82) is 0 Å². The van der Waals surface area contributed by atoms with Crippen molar-refractivity contribution in [2.24, 2.45) is 0 Å². The maximum atomic E-state index is 11.8. The number of carbonyl (C=O) groups is 1. The summed E-state index contributed by atoms with van der Waals surface area (Å²) in [6.07, 6.45) is 0.606. The number of anilines is 1. The SMILES string of the molecule is CCC(=O)N1CCN(c2ccc(C)cc2)CC1C. The topological polar surface area (TPSA) is 23.6 Å². The summed E-state index contributed by atoms with van der Waals surface area (Å²) in [5, 5.41) is 0. The highest BCUT2D eigenvalue weighted by Gasteiger charge is 2.26. The molecule has 2 rings (SSSR count). The molecule has 0 N–H and O–H groups in total. The Morgan fingerprint density at radius 1 is 1.28 bits per heavy atom. The van der Waals surface area contributed by atoms with Crippen LogP contribution in [0.1, 0.15) is 25.8 Å². The molecule has 1 amide bonds. The second kappa shape index (κ2) is 5.42. The lowest BCUT2D eigenvalue weighted by Crippen LogP contribution is -2.54. The van der Waals surface area contributed by atoms with Gasteiger partial charge in [0.2, 0.25) is 5.91 Å². The molecular formula is C15H22N2O. The second-order valence-electron chi connectivity index (χ2n) is 5.07. The van der Waals surface area contributed by atoms with Gasteiger partial charge in [-0.2, -0.15) is 0 Å². The zero-order chi connectivity index (χ0) is 13.1. The van der Waals surface area contributed by atoms with Gasteiger partial charge in [0.05, 0.1) is 0 Å². The standard InChI is InChI=1S/C15H22N2O/c1-4-15(18)17-10-9-16(11-13(17)3)14-7-5-12(2)6-8-14/h5-8,13H,4,9-11H2,1-3H3. The molecule has 3 nitrogen and oxygen atoms in total. The van der Waals surface area contributed by atoms with Crippen molar-refractivity contribution in [1.82, 2.24) is 4.90 Å². The van der Waals surface area contributed by atoms with Crippen LogP contribution in [0.25, 0.3) is 0 Å². The number of aryl methyl sites for hydroxylation is 1. The van der Waals surface area contributed by atoms with Crippen molar-refractivity contribution in [2.45, 2.75) is 33.2 Å². The predicted molar refractivity (Wildman–Crippen MR) is 74.9 cm³/mol. The monoisotopic (exact) mass is 246 g/mol. The van der Waals surface area contributed by atoms with Crippen LogP contribution >= 0.6 is 0 Å². The lowest BCUT2D eigenvalue weighted by atomic mass is 10.1. The maximum Gasteiger partial charge on any atom is 0.222 e. The van der Waals surface area contributed by atoms with E-state index in [-0.39, 0.29) is 5.91 Å². The average Bonchev–Trinajstić information content (AvgIpc) is 2.38. The summed E-state index contributed by atoms with van der Waals surface area (Å²) in [6, 6.07) is 8.92. The fourth-order valence-electron chi connectivity index (χ4n) is 2.52. The molecule has 1 aliphatic heterocycles. The largest absolute Gasteiger partial charge is 0.368 e. The first-order valence-electron chi connectivity index (χ1n) is 6.73. The molecule has 1 aromatic carbocycles. The molecule has 1 aromatic rings. The Morgan fingerprint density at radius 3 is 2.50 bits per heavy atom. The van der Waals surface area contributed by atoms with E-state index in [1.807, 2.05) is 11.8 Å². The van der Waals surface area contributed by atoms with Gasteiger partial charge in [-0.25, -0.2) is 0 Å². The number of carbonyl (C=O) groups excluding carboxylic acids is 1. The van der Waals surface area contributed by atoms with Crippen LogP contribution in [-0.2, 0) is 4.79 Å². The number of amides is 1. The Hall–Kier alpha value is -1.51. The Morgan fingerprint density at radius 2 is 1.94 bits per heavy atom. The first-order valence-corrected chi connectivity index (χ1v) is 6.73. The molecule has 0 radical (unpaired) electrons. The summed E-state index contributed by atoms with van der Waals surface area (Å²) in [5.74, 6) is 0.269. The van der Waals surface area contributed by atoms with Crippen molar-refractivity contribution in [3.63, 3.8) is 0 Å². The quantitative estimate of drug-likeness (QED) is 0.800. The first kappa shape index (κ1) is 12.9. The highest BCUT2D eigenvalue weighted by Crippen LogP contribution is 2.20. The lowest BCUT2D eigenvalue weighted by molar-refractivity contribution is -0.133. The van der Waals surface area contributed by atoms with E-state index in [1.165, 1.54) is 11.3 Å². The van der Waals surface area contributed by atoms with Crippen molar-refractivity contribution in [3.8, 4) is 0 Å². The molecule has 1 aliphatic rings. The fourth-order valence-corrected chi connectivity index (χ4v) is 2.52. The molecule has 1 atom stereocenters. The van der Waals surface area contributed by atoms with Crippen LogP contribution in [0.4, 0.5) is 5.69 Å². The molecule has 0 bridgehead atoms. The minimum atomic E-state index is 0.269. The third kappa shape index (κ3) is 2.66. The van der Waals surface area contributed by atoms with Crippen molar-refractivity contribution < 1.29 is 4.79 Å². The summed E-state index contributed by atoms with van der Waals surface area (Å²) in [5.41, 5.74) is 2.54. The summed E-state index contributed by atoms with van der Waals surface area (Å²) >= 11 is 0. The predicted octanol–water partition coefficient (Wildman–Crippen LogP) is 2.44. The fraction of sp³-hybridized carbons (Fsp3) is 0.533. The Bertz CT molecular complexity index is 413. The maximum absolute atomic E-state index is 11.8. The van der Waals surface area contributed by atoms with Gasteiger partial charge >= 0.3 is 0 Å². The van der Waals surface area contributed by atoms with E-state index < -0.39 is 0 Å². The molecule has 3 heteroatoms. The lowest BCUT2D eigenvalue weighted by Gasteiger charge is -2.41. The summed E-state index contributed by atoms with van der Waals surface area (Å²) in [6.45, 7) is 8.86. The molecule has 1 saturated heterocycles. The molecule has 18 heavy (non-hydrogen) atoms. The van der Waals surface area contributed by atoms with Gasteiger partial charge in [-0.1, -0.05) is 24.6 Å². The van der Waals surface area contributed by atoms with E-state index in [0.29, 0.717) is 12.5 Å². The Kier molecular flexibility index (Phi) is 3.90. The van der Waals surface area contributed by atoms with E-state index in [1.54, 1.807) is 0 Å².